The minimum absolute atomic E-state index is 0.498. The van der Waals surface area contributed by atoms with E-state index in [1.807, 2.05) is 0 Å². The maximum atomic E-state index is 2.55. The highest BCUT2D eigenvalue weighted by Gasteiger charge is 2.46. The molecule has 0 nitrogen and oxygen atoms in total. The summed E-state index contributed by atoms with van der Waals surface area (Å²) in [5, 5.41) is 0. The van der Waals surface area contributed by atoms with Crippen LogP contribution in [-0.4, -0.2) is 0 Å². The van der Waals surface area contributed by atoms with Gasteiger partial charge in [0.2, 0.25) is 0 Å². The predicted octanol–water partition coefficient (Wildman–Crippen LogP) is 6.06. The average molecular weight is 238 g/mol. The fraction of sp³-hybridized carbons (Fsp3) is 1.00. The SMILES string of the molecule is CCCC(C)(CC)C(C)(C)C1CCCCC1C. The first-order valence-corrected chi connectivity index (χ1v) is 7.89. The Hall–Kier alpha value is 0. The van der Waals surface area contributed by atoms with Crippen LogP contribution in [0.4, 0.5) is 0 Å². The Balaban J connectivity index is 2.89. The van der Waals surface area contributed by atoms with E-state index in [0.29, 0.717) is 10.8 Å². The molecule has 1 fully saturated rings. The normalized spacial score (nSPS) is 30.0. The van der Waals surface area contributed by atoms with E-state index in [0.717, 1.165) is 11.8 Å². The van der Waals surface area contributed by atoms with Gasteiger partial charge in [0.25, 0.3) is 0 Å². The van der Waals surface area contributed by atoms with Gasteiger partial charge in [-0.15, -0.1) is 0 Å². The van der Waals surface area contributed by atoms with Crippen LogP contribution in [0.3, 0.4) is 0 Å². The number of hydrogen-bond donors (Lipinski definition) is 0. The minimum atomic E-state index is 0.498. The van der Waals surface area contributed by atoms with Gasteiger partial charge >= 0.3 is 0 Å². The van der Waals surface area contributed by atoms with Crippen molar-refractivity contribution in [3.05, 3.63) is 0 Å². The minimum Gasteiger partial charge on any atom is -0.0654 e. The van der Waals surface area contributed by atoms with E-state index in [4.69, 9.17) is 0 Å². The fourth-order valence-electron chi connectivity index (χ4n) is 4.34. The lowest BCUT2D eigenvalue weighted by atomic mass is 9.53. The molecule has 0 amide bonds. The molecule has 0 aromatic heterocycles. The third kappa shape index (κ3) is 2.88. The van der Waals surface area contributed by atoms with Gasteiger partial charge in [-0.1, -0.05) is 73.6 Å². The molecule has 102 valence electrons. The zero-order valence-corrected chi connectivity index (χ0v) is 13.1. The molecule has 0 aliphatic heterocycles. The summed E-state index contributed by atoms with van der Waals surface area (Å²) in [6.45, 7) is 14.9. The van der Waals surface area contributed by atoms with Gasteiger partial charge in [0.15, 0.2) is 0 Å². The van der Waals surface area contributed by atoms with Crippen molar-refractivity contribution >= 4 is 0 Å². The Morgan fingerprint density at radius 3 is 2.06 bits per heavy atom. The summed E-state index contributed by atoms with van der Waals surface area (Å²) in [4.78, 5) is 0. The van der Waals surface area contributed by atoms with Crippen LogP contribution in [-0.2, 0) is 0 Å². The van der Waals surface area contributed by atoms with Crippen LogP contribution in [0.15, 0.2) is 0 Å². The zero-order valence-electron chi connectivity index (χ0n) is 13.1. The summed E-state index contributed by atoms with van der Waals surface area (Å²) in [5.41, 5.74) is 1.02. The molecule has 0 radical (unpaired) electrons. The van der Waals surface area contributed by atoms with E-state index in [-0.39, 0.29) is 0 Å². The third-order valence-electron chi connectivity index (χ3n) is 6.18. The van der Waals surface area contributed by atoms with Gasteiger partial charge in [-0.2, -0.15) is 0 Å². The highest BCUT2D eigenvalue weighted by Crippen LogP contribution is 2.55. The van der Waals surface area contributed by atoms with Crippen LogP contribution < -0.4 is 0 Å². The molecule has 1 aliphatic rings. The van der Waals surface area contributed by atoms with Crippen LogP contribution in [0.5, 0.6) is 0 Å². The second-order valence-electron chi connectivity index (χ2n) is 7.25. The molecule has 0 N–H and O–H groups in total. The van der Waals surface area contributed by atoms with Crippen molar-refractivity contribution in [1.29, 1.82) is 0 Å². The van der Waals surface area contributed by atoms with E-state index in [2.05, 4.69) is 41.5 Å². The Bertz CT molecular complexity index is 228. The summed E-state index contributed by atoms with van der Waals surface area (Å²) < 4.78 is 0. The second kappa shape index (κ2) is 5.76. The maximum absolute atomic E-state index is 2.55. The molecule has 1 saturated carbocycles. The second-order valence-corrected chi connectivity index (χ2v) is 7.25. The predicted molar refractivity (Wildman–Crippen MR) is 78.2 cm³/mol. The molecular weight excluding hydrogens is 204 g/mol. The van der Waals surface area contributed by atoms with Crippen LogP contribution in [0, 0.1) is 22.7 Å². The Morgan fingerprint density at radius 2 is 1.59 bits per heavy atom. The van der Waals surface area contributed by atoms with E-state index in [1.165, 1.54) is 44.9 Å². The van der Waals surface area contributed by atoms with Crippen LogP contribution in [0.2, 0.25) is 0 Å². The van der Waals surface area contributed by atoms with Crippen molar-refractivity contribution in [2.24, 2.45) is 22.7 Å². The van der Waals surface area contributed by atoms with Crippen molar-refractivity contribution in [3.63, 3.8) is 0 Å². The van der Waals surface area contributed by atoms with Gasteiger partial charge in [-0.3, -0.25) is 0 Å². The number of rotatable bonds is 5. The van der Waals surface area contributed by atoms with Crippen molar-refractivity contribution in [3.8, 4) is 0 Å². The quantitative estimate of drug-likeness (QED) is 0.546. The van der Waals surface area contributed by atoms with Crippen LogP contribution >= 0.6 is 0 Å². The summed E-state index contributed by atoms with van der Waals surface area (Å²) in [6.07, 6.45) is 9.90. The lowest BCUT2D eigenvalue weighted by molar-refractivity contribution is -0.0286. The van der Waals surface area contributed by atoms with Gasteiger partial charge in [0, 0.05) is 0 Å². The lowest BCUT2D eigenvalue weighted by Gasteiger charge is -2.52. The van der Waals surface area contributed by atoms with Crippen LogP contribution in [0.25, 0.3) is 0 Å². The van der Waals surface area contributed by atoms with E-state index in [1.54, 1.807) is 0 Å². The first-order chi connectivity index (χ1) is 7.89. The standard InChI is InChI=1S/C17H34/c1-7-13-17(6,8-2)16(4,5)15-12-10-9-11-14(15)3/h14-15H,7-13H2,1-6H3. The summed E-state index contributed by atoms with van der Waals surface area (Å²) in [7, 11) is 0. The molecule has 0 heterocycles. The molecule has 0 saturated heterocycles. The Labute approximate surface area is 110 Å². The molecular formula is C17H34. The molecule has 3 atom stereocenters. The summed E-state index contributed by atoms with van der Waals surface area (Å²) in [6, 6.07) is 0. The van der Waals surface area contributed by atoms with Crippen molar-refractivity contribution < 1.29 is 0 Å². The molecule has 0 bridgehead atoms. The third-order valence-corrected chi connectivity index (χ3v) is 6.18. The topological polar surface area (TPSA) is 0 Å². The van der Waals surface area contributed by atoms with Gasteiger partial charge in [-0.25, -0.2) is 0 Å². The van der Waals surface area contributed by atoms with Gasteiger partial charge in [0.05, 0.1) is 0 Å². The van der Waals surface area contributed by atoms with Gasteiger partial charge in [0.1, 0.15) is 0 Å². The Morgan fingerprint density at radius 1 is 1.00 bits per heavy atom. The monoisotopic (exact) mass is 238 g/mol. The molecule has 0 aromatic rings. The molecule has 0 spiro atoms. The molecule has 17 heavy (non-hydrogen) atoms. The highest BCUT2D eigenvalue weighted by atomic mass is 14.5. The largest absolute Gasteiger partial charge is 0.0654 e. The molecule has 1 rings (SSSR count). The van der Waals surface area contributed by atoms with E-state index < -0.39 is 0 Å². The maximum Gasteiger partial charge on any atom is -0.0270 e. The fourth-order valence-corrected chi connectivity index (χ4v) is 4.34. The average Bonchev–Trinajstić information content (AvgIpc) is 2.29. The molecule has 0 heteroatoms. The van der Waals surface area contributed by atoms with Crippen molar-refractivity contribution in [1.82, 2.24) is 0 Å². The summed E-state index contributed by atoms with van der Waals surface area (Å²) in [5.74, 6) is 1.87. The first kappa shape index (κ1) is 15.1. The highest BCUT2D eigenvalue weighted by molar-refractivity contribution is 4.95. The molecule has 3 unspecified atom stereocenters. The smallest absolute Gasteiger partial charge is 0.0270 e. The zero-order chi connectivity index (χ0) is 13.1. The Kier molecular flexibility index (Phi) is 5.10. The first-order valence-electron chi connectivity index (χ1n) is 7.89. The van der Waals surface area contributed by atoms with Crippen LogP contribution in [0.1, 0.15) is 86.5 Å². The summed E-state index contributed by atoms with van der Waals surface area (Å²) >= 11 is 0. The van der Waals surface area contributed by atoms with Crippen molar-refractivity contribution in [2.75, 3.05) is 0 Å². The number of hydrogen-bond acceptors (Lipinski definition) is 0. The van der Waals surface area contributed by atoms with E-state index in [9.17, 15) is 0 Å². The van der Waals surface area contributed by atoms with Gasteiger partial charge in [-0.05, 0) is 35.5 Å². The lowest BCUT2D eigenvalue weighted by Crippen LogP contribution is -2.44. The van der Waals surface area contributed by atoms with Gasteiger partial charge < -0.3 is 0 Å². The van der Waals surface area contributed by atoms with E-state index >= 15 is 0 Å². The van der Waals surface area contributed by atoms with Crippen molar-refractivity contribution in [2.45, 2.75) is 86.5 Å². The molecule has 0 aromatic carbocycles. The molecule has 1 aliphatic carbocycles.